The number of aryl methyl sites for hydroxylation is 1. The van der Waals surface area contributed by atoms with Crippen LogP contribution in [0.3, 0.4) is 0 Å². The van der Waals surface area contributed by atoms with Gasteiger partial charge in [0, 0.05) is 30.1 Å². The number of nitrogens with zero attached hydrogens (tertiary/aromatic N) is 4. The number of nitrogens with one attached hydrogen (secondary N) is 1. The molecule has 1 N–H and O–H groups in total. The minimum atomic E-state index is -0.306. The molecule has 7 nitrogen and oxygen atoms in total. The third-order valence-corrected chi connectivity index (χ3v) is 4.36. The van der Waals surface area contributed by atoms with Gasteiger partial charge in [-0.1, -0.05) is 0 Å². The van der Waals surface area contributed by atoms with Gasteiger partial charge in [-0.05, 0) is 18.6 Å². The van der Waals surface area contributed by atoms with Crippen LogP contribution in [-0.4, -0.2) is 30.1 Å². The van der Waals surface area contributed by atoms with Gasteiger partial charge in [-0.15, -0.1) is 0 Å². The molecular formula is C12H15N5O2S. The van der Waals surface area contributed by atoms with Gasteiger partial charge in [-0.25, -0.2) is 9.78 Å². The summed E-state index contributed by atoms with van der Waals surface area (Å²) in [6.07, 6.45) is 4.70. The number of fused-ring (bicyclic) bond motifs is 1. The summed E-state index contributed by atoms with van der Waals surface area (Å²) >= 11 is 1.73. The van der Waals surface area contributed by atoms with Gasteiger partial charge >= 0.3 is 5.69 Å². The maximum absolute atomic E-state index is 12.0. The molecular weight excluding hydrogens is 278 g/mol. The topological polar surface area (TPSA) is 85.6 Å². The summed E-state index contributed by atoms with van der Waals surface area (Å²) in [4.78, 5) is 30.1. The number of hydrogen-bond acceptors (Lipinski definition) is 5. The van der Waals surface area contributed by atoms with E-state index in [0.717, 1.165) is 29.9 Å². The Bertz CT molecular complexity index is 704. The summed E-state index contributed by atoms with van der Waals surface area (Å²) in [5.41, 5.74) is 1.11. The van der Waals surface area contributed by atoms with Crippen LogP contribution >= 0.6 is 11.8 Å². The second kappa shape index (κ2) is 5.66. The van der Waals surface area contributed by atoms with Crippen LogP contribution < -0.4 is 11.2 Å². The molecule has 106 valence electrons. The molecule has 1 aliphatic rings. The molecule has 0 saturated heterocycles. The molecule has 0 saturated carbocycles. The molecule has 2 aromatic heterocycles. The Balaban J connectivity index is 1.82. The molecule has 20 heavy (non-hydrogen) atoms. The van der Waals surface area contributed by atoms with Gasteiger partial charge in [0.2, 0.25) is 0 Å². The van der Waals surface area contributed by atoms with Gasteiger partial charge in [0.05, 0.1) is 0 Å². The third-order valence-electron chi connectivity index (χ3n) is 3.38. The van der Waals surface area contributed by atoms with E-state index in [0.29, 0.717) is 18.8 Å². The van der Waals surface area contributed by atoms with E-state index in [1.165, 1.54) is 6.33 Å². The Morgan fingerprint density at radius 2 is 2.25 bits per heavy atom. The summed E-state index contributed by atoms with van der Waals surface area (Å²) in [5.74, 6) is 1.65. The van der Waals surface area contributed by atoms with E-state index >= 15 is 0 Å². The zero-order chi connectivity index (χ0) is 13.9. The summed E-state index contributed by atoms with van der Waals surface area (Å²) in [6.45, 7) is 1.29. The van der Waals surface area contributed by atoms with Crippen LogP contribution in [0.15, 0.2) is 22.2 Å². The maximum atomic E-state index is 12.0. The molecule has 2 aromatic rings. The smallest absolute Gasteiger partial charge is 0.297 e. The average molecular weight is 293 g/mol. The fourth-order valence-electron chi connectivity index (χ4n) is 2.41. The molecule has 0 aliphatic carbocycles. The first-order chi connectivity index (χ1) is 9.75. The third kappa shape index (κ3) is 2.55. The lowest BCUT2D eigenvalue weighted by Crippen LogP contribution is -2.37. The number of aromatic nitrogens is 5. The van der Waals surface area contributed by atoms with Crippen LogP contribution in [0.5, 0.6) is 0 Å². The number of thioether (sulfide) groups is 1. The zero-order valence-corrected chi connectivity index (χ0v) is 11.7. The number of H-pyrrole nitrogens is 1. The largest absolute Gasteiger partial charge is 0.328 e. The predicted octanol–water partition coefficient (Wildman–Crippen LogP) is 0.00770. The molecule has 0 amide bonds. The average Bonchev–Trinajstić information content (AvgIpc) is 2.96. The Labute approximate surface area is 119 Å². The molecule has 1 aliphatic heterocycles. The number of aromatic amines is 1. The summed E-state index contributed by atoms with van der Waals surface area (Å²) < 4.78 is 3.44. The lowest BCUT2D eigenvalue weighted by atomic mass is 10.2. The standard InChI is InChI=1S/C12H15N5O2S/c18-11-9-6-20-5-2-10(9)17(12(19)15-11)4-1-3-16-8-13-7-14-16/h7-8H,1-6H2,(H,15,18,19). The van der Waals surface area contributed by atoms with Gasteiger partial charge in [0.1, 0.15) is 12.7 Å². The molecule has 3 rings (SSSR count). The summed E-state index contributed by atoms with van der Waals surface area (Å²) in [6, 6.07) is 0. The second-order valence-corrected chi connectivity index (χ2v) is 5.76. The summed E-state index contributed by atoms with van der Waals surface area (Å²) in [7, 11) is 0. The highest BCUT2D eigenvalue weighted by atomic mass is 32.2. The highest BCUT2D eigenvalue weighted by molar-refractivity contribution is 7.98. The van der Waals surface area contributed by atoms with Crippen LogP contribution in [0.4, 0.5) is 0 Å². The van der Waals surface area contributed by atoms with E-state index in [9.17, 15) is 9.59 Å². The van der Waals surface area contributed by atoms with Crippen LogP contribution in [0.25, 0.3) is 0 Å². The lowest BCUT2D eigenvalue weighted by molar-refractivity contribution is 0.500. The number of hydrogen-bond donors (Lipinski definition) is 1. The van der Waals surface area contributed by atoms with Gasteiger partial charge in [-0.2, -0.15) is 16.9 Å². The first-order valence-electron chi connectivity index (χ1n) is 6.51. The van der Waals surface area contributed by atoms with Crippen LogP contribution in [-0.2, 0) is 25.3 Å². The van der Waals surface area contributed by atoms with Crippen LogP contribution in [0.1, 0.15) is 17.7 Å². The van der Waals surface area contributed by atoms with E-state index in [1.54, 1.807) is 27.3 Å². The van der Waals surface area contributed by atoms with Crippen molar-refractivity contribution in [3.05, 3.63) is 44.8 Å². The highest BCUT2D eigenvalue weighted by Crippen LogP contribution is 2.20. The fraction of sp³-hybridized carbons (Fsp3) is 0.500. The van der Waals surface area contributed by atoms with E-state index in [1.807, 2.05) is 0 Å². The highest BCUT2D eigenvalue weighted by Gasteiger charge is 2.18. The first kappa shape index (κ1) is 13.2. The Kier molecular flexibility index (Phi) is 3.72. The van der Waals surface area contributed by atoms with E-state index < -0.39 is 0 Å². The predicted molar refractivity (Wildman–Crippen MR) is 75.8 cm³/mol. The van der Waals surface area contributed by atoms with Gasteiger partial charge < -0.3 is 0 Å². The maximum Gasteiger partial charge on any atom is 0.328 e. The van der Waals surface area contributed by atoms with Crippen molar-refractivity contribution in [3.63, 3.8) is 0 Å². The van der Waals surface area contributed by atoms with Gasteiger partial charge in [0.25, 0.3) is 5.56 Å². The molecule has 0 spiro atoms. The SMILES string of the molecule is O=c1[nH]c(=O)n(CCCn2cncn2)c2c1CSCC2. The van der Waals surface area contributed by atoms with Crippen molar-refractivity contribution in [1.29, 1.82) is 0 Å². The van der Waals surface area contributed by atoms with Crippen molar-refractivity contribution < 1.29 is 0 Å². The van der Waals surface area contributed by atoms with E-state index in [4.69, 9.17) is 0 Å². The number of rotatable bonds is 4. The molecule has 8 heteroatoms. The van der Waals surface area contributed by atoms with Gasteiger partial charge in [-0.3, -0.25) is 19.0 Å². The second-order valence-electron chi connectivity index (χ2n) is 4.65. The van der Waals surface area contributed by atoms with Crippen molar-refractivity contribution in [2.45, 2.75) is 31.7 Å². The molecule has 0 fully saturated rings. The molecule has 0 aromatic carbocycles. The fourth-order valence-corrected chi connectivity index (χ4v) is 3.39. The first-order valence-corrected chi connectivity index (χ1v) is 7.66. The van der Waals surface area contributed by atoms with Crippen molar-refractivity contribution in [3.8, 4) is 0 Å². The van der Waals surface area contributed by atoms with Crippen LogP contribution in [0.2, 0.25) is 0 Å². The van der Waals surface area contributed by atoms with Gasteiger partial charge in [0.15, 0.2) is 0 Å². The van der Waals surface area contributed by atoms with E-state index in [-0.39, 0.29) is 11.2 Å². The van der Waals surface area contributed by atoms with Crippen molar-refractivity contribution in [2.75, 3.05) is 5.75 Å². The van der Waals surface area contributed by atoms with Crippen LogP contribution in [0, 0.1) is 0 Å². The molecule has 0 atom stereocenters. The monoisotopic (exact) mass is 293 g/mol. The quantitative estimate of drug-likeness (QED) is 0.858. The van der Waals surface area contributed by atoms with E-state index in [2.05, 4.69) is 15.1 Å². The Hall–Kier alpha value is -1.83. The molecule has 0 bridgehead atoms. The lowest BCUT2D eigenvalue weighted by Gasteiger charge is -2.19. The minimum Gasteiger partial charge on any atom is -0.297 e. The Morgan fingerprint density at radius 1 is 1.35 bits per heavy atom. The summed E-state index contributed by atoms with van der Waals surface area (Å²) in [5, 5.41) is 4.03. The Morgan fingerprint density at radius 3 is 3.05 bits per heavy atom. The molecule has 0 radical (unpaired) electrons. The van der Waals surface area contributed by atoms with Crippen molar-refractivity contribution in [2.24, 2.45) is 0 Å². The van der Waals surface area contributed by atoms with Crippen molar-refractivity contribution in [1.82, 2.24) is 24.3 Å². The minimum absolute atomic E-state index is 0.232. The normalized spacial score (nSPS) is 14.2. The molecule has 0 unspecified atom stereocenters. The zero-order valence-electron chi connectivity index (χ0n) is 10.9. The van der Waals surface area contributed by atoms with Crippen molar-refractivity contribution >= 4 is 11.8 Å². The molecule has 3 heterocycles.